The van der Waals surface area contributed by atoms with E-state index >= 15 is 0 Å². The average Bonchev–Trinajstić information content (AvgIpc) is 2.54. The molecule has 3 heteroatoms. The lowest BCUT2D eigenvalue weighted by Crippen LogP contribution is -2.45. The van der Waals surface area contributed by atoms with Gasteiger partial charge in [0.2, 0.25) is 5.91 Å². The van der Waals surface area contributed by atoms with Gasteiger partial charge in [-0.05, 0) is 19.3 Å². The van der Waals surface area contributed by atoms with Crippen LogP contribution in [0, 0.1) is 0 Å². The highest BCUT2D eigenvalue weighted by Gasteiger charge is 2.18. The van der Waals surface area contributed by atoms with E-state index in [-0.39, 0.29) is 11.9 Å². The highest BCUT2D eigenvalue weighted by molar-refractivity contribution is 5.81. The summed E-state index contributed by atoms with van der Waals surface area (Å²) in [6, 6.07) is 0.0749. The van der Waals surface area contributed by atoms with E-state index in [9.17, 15) is 4.79 Å². The molecular formula is C13H26N2O. The average molecular weight is 226 g/mol. The van der Waals surface area contributed by atoms with Crippen molar-refractivity contribution >= 4 is 5.91 Å². The fraction of sp³-hybridized carbons (Fsp3) is 0.923. The second-order valence-corrected chi connectivity index (χ2v) is 4.95. The number of amides is 1. The van der Waals surface area contributed by atoms with Gasteiger partial charge in [0.15, 0.2) is 0 Å². The lowest BCUT2D eigenvalue weighted by atomic mass is 10.1. The molecule has 94 valence electrons. The van der Waals surface area contributed by atoms with Crippen LogP contribution in [0.3, 0.4) is 0 Å². The van der Waals surface area contributed by atoms with E-state index in [0.29, 0.717) is 6.04 Å². The molecule has 0 aromatic rings. The van der Waals surface area contributed by atoms with Gasteiger partial charge < -0.3 is 11.1 Å². The van der Waals surface area contributed by atoms with Gasteiger partial charge in [-0.3, -0.25) is 4.79 Å². The molecule has 3 N–H and O–H groups in total. The molecule has 0 spiro atoms. The number of hydrogen-bond donors (Lipinski definition) is 2. The molecule has 0 bridgehead atoms. The Labute approximate surface area is 99.2 Å². The van der Waals surface area contributed by atoms with Crippen molar-refractivity contribution in [2.24, 2.45) is 5.73 Å². The van der Waals surface area contributed by atoms with E-state index in [4.69, 9.17) is 5.73 Å². The molecule has 1 rings (SSSR count). The van der Waals surface area contributed by atoms with Crippen LogP contribution >= 0.6 is 0 Å². The van der Waals surface area contributed by atoms with Gasteiger partial charge in [0, 0.05) is 6.04 Å². The van der Waals surface area contributed by atoms with Gasteiger partial charge in [-0.25, -0.2) is 0 Å². The Hall–Kier alpha value is -0.570. The molecule has 0 aliphatic heterocycles. The van der Waals surface area contributed by atoms with E-state index in [1.807, 2.05) is 0 Å². The molecule has 0 saturated heterocycles. The molecule has 16 heavy (non-hydrogen) atoms. The third-order valence-corrected chi connectivity index (χ3v) is 3.41. The van der Waals surface area contributed by atoms with Crippen LogP contribution in [0.5, 0.6) is 0 Å². The monoisotopic (exact) mass is 226 g/mol. The largest absolute Gasteiger partial charge is 0.352 e. The van der Waals surface area contributed by atoms with Gasteiger partial charge >= 0.3 is 0 Å². The van der Waals surface area contributed by atoms with Crippen molar-refractivity contribution in [2.75, 3.05) is 0 Å². The van der Waals surface area contributed by atoms with Gasteiger partial charge in [-0.1, -0.05) is 45.4 Å². The van der Waals surface area contributed by atoms with Gasteiger partial charge in [0.25, 0.3) is 0 Å². The van der Waals surface area contributed by atoms with Gasteiger partial charge in [0.1, 0.15) is 0 Å². The Morgan fingerprint density at radius 2 is 1.94 bits per heavy atom. The summed E-state index contributed by atoms with van der Waals surface area (Å²) >= 11 is 0. The minimum absolute atomic E-state index is 0.0559. The normalized spacial score (nSPS) is 20.1. The number of carbonyl (C=O) groups excluding carboxylic acids is 1. The summed E-state index contributed by atoms with van der Waals surface area (Å²) in [5.41, 5.74) is 5.85. The number of nitrogens with two attached hydrogens (primary N) is 1. The van der Waals surface area contributed by atoms with Crippen molar-refractivity contribution in [3.05, 3.63) is 0 Å². The first-order chi connectivity index (χ1) is 7.74. The molecular weight excluding hydrogens is 200 g/mol. The van der Waals surface area contributed by atoms with E-state index in [2.05, 4.69) is 12.2 Å². The summed E-state index contributed by atoms with van der Waals surface area (Å²) in [4.78, 5) is 11.8. The molecule has 0 heterocycles. The van der Waals surface area contributed by atoms with Crippen LogP contribution in [0.1, 0.15) is 64.7 Å². The van der Waals surface area contributed by atoms with Gasteiger partial charge in [-0.2, -0.15) is 0 Å². The standard InChI is InChI=1S/C13H26N2O/c1-2-3-10-12(14)13(16)15-11-8-6-4-5-7-9-11/h11-12H,2-10,14H2,1H3,(H,15,16). The molecule has 3 nitrogen and oxygen atoms in total. The zero-order valence-electron chi connectivity index (χ0n) is 10.5. The van der Waals surface area contributed by atoms with Gasteiger partial charge in [-0.15, -0.1) is 0 Å². The SMILES string of the molecule is CCCCC(N)C(=O)NC1CCCCCC1. The molecule has 0 aromatic carbocycles. The maximum Gasteiger partial charge on any atom is 0.237 e. The summed E-state index contributed by atoms with van der Waals surface area (Å²) < 4.78 is 0. The molecule has 0 aromatic heterocycles. The third-order valence-electron chi connectivity index (χ3n) is 3.41. The fourth-order valence-corrected chi connectivity index (χ4v) is 2.29. The van der Waals surface area contributed by atoms with E-state index in [0.717, 1.165) is 32.1 Å². The second kappa shape index (κ2) is 7.66. The van der Waals surface area contributed by atoms with Gasteiger partial charge in [0.05, 0.1) is 6.04 Å². The molecule has 1 fully saturated rings. The highest BCUT2D eigenvalue weighted by Crippen LogP contribution is 2.17. The quantitative estimate of drug-likeness (QED) is 0.707. The van der Waals surface area contributed by atoms with Crippen molar-refractivity contribution in [3.8, 4) is 0 Å². The molecule has 1 aliphatic rings. The zero-order valence-corrected chi connectivity index (χ0v) is 10.5. The van der Waals surface area contributed by atoms with Crippen LogP contribution in [0.4, 0.5) is 0 Å². The fourth-order valence-electron chi connectivity index (χ4n) is 2.29. The number of unbranched alkanes of at least 4 members (excludes halogenated alkanes) is 1. The number of nitrogens with one attached hydrogen (secondary N) is 1. The Bertz CT molecular complexity index is 198. The van der Waals surface area contributed by atoms with E-state index < -0.39 is 0 Å². The minimum atomic E-state index is -0.303. The van der Waals surface area contributed by atoms with Crippen molar-refractivity contribution in [1.82, 2.24) is 5.32 Å². The number of rotatable bonds is 5. The molecule has 1 atom stereocenters. The summed E-state index contributed by atoms with van der Waals surface area (Å²) in [7, 11) is 0. The minimum Gasteiger partial charge on any atom is -0.352 e. The summed E-state index contributed by atoms with van der Waals surface area (Å²) in [6.45, 7) is 2.12. The summed E-state index contributed by atoms with van der Waals surface area (Å²) in [5, 5.41) is 3.10. The Kier molecular flexibility index (Phi) is 6.46. The summed E-state index contributed by atoms with van der Waals surface area (Å²) in [5.74, 6) is 0.0559. The number of carbonyl (C=O) groups is 1. The lowest BCUT2D eigenvalue weighted by molar-refractivity contribution is -0.123. The maximum atomic E-state index is 11.8. The topological polar surface area (TPSA) is 55.1 Å². The molecule has 1 saturated carbocycles. The van der Waals surface area contributed by atoms with Crippen LogP contribution in [-0.2, 0) is 4.79 Å². The van der Waals surface area contributed by atoms with Crippen LogP contribution in [0.25, 0.3) is 0 Å². The van der Waals surface area contributed by atoms with Crippen molar-refractivity contribution in [2.45, 2.75) is 76.8 Å². The Balaban J connectivity index is 2.25. The van der Waals surface area contributed by atoms with Crippen molar-refractivity contribution < 1.29 is 4.79 Å². The van der Waals surface area contributed by atoms with Crippen LogP contribution < -0.4 is 11.1 Å². The molecule has 1 aliphatic carbocycles. The van der Waals surface area contributed by atoms with E-state index in [1.54, 1.807) is 0 Å². The predicted octanol–water partition coefficient (Wildman–Crippen LogP) is 2.34. The highest BCUT2D eigenvalue weighted by atomic mass is 16.2. The predicted molar refractivity (Wildman–Crippen MR) is 67.1 cm³/mol. The summed E-state index contributed by atoms with van der Waals surface area (Å²) in [6.07, 6.45) is 10.3. The maximum absolute atomic E-state index is 11.8. The van der Waals surface area contributed by atoms with Crippen molar-refractivity contribution in [3.63, 3.8) is 0 Å². The van der Waals surface area contributed by atoms with Crippen LogP contribution in [0.2, 0.25) is 0 Å². The Morgan fingerprint density at radius 3 is 2.50 bits per heavy atom. The third kappa shape index (κ3) is 4.97. The van der Waals surface area contributed by atoms with E-state index in [1.165, 1.54) is 25.7 Å². The lowest BCUT2D eigenvalue weighted by Gasteiger charge is -2.19. The number of hydrogen-bond acceptors (Lipinski definition) is 2. The first kappa shape index (κ1) is 13.5. The first-order valence-corrected chi connectivity index (χ1v) is 6.80. The molecule has 0 radical (unpaired) electrons. The molecule has 1 unspecified atom stereocenters. The molecule has 1 amide bonds. The Morgan fingerprint density at radius 1 is 1.31 bits per heavy atom. The first-order valence-electron chi connectivity index (χ1n) is 6.80. The van der Waals surface area contributed by atoms with Crippen molar-refractivity contribution in [1.29, 1.82) is 0 Å². The van der Waals surface area contributed by atoms with Crippen LogP contribution in [-0.4, -0.2) is 18.0 Å². The smallest absolute Gasteiger partial charge is 0.237 e. The van der Waals surface area contributed by atoms with Crippen LogP contribution in [0.15, 0.2) is 0 Å². The second-order valence-electron chi connectivity index (χ2n) is 4.95. The zero-order chi connectivity index (χ0) is 11.8.